The van der Waals surface area contributed by atoms with Crippen molar-refractivity contribution in [2.24, 2.45) is 4.36 Å². The van der Waals surface area contributed by atoms with Gasteiger partial charge < -0.3 is 20.1 Å². The third-order valence-corrected chi connectivity index (χ3v) is 6.59. The van der Waals surface area contributed by atoms with E-state index >= 15 is 0 Å². The zero-order valence-electron chi connectivity index (χ0n) is 22.8. The third kappa shape index (κ3) is 7.53. The Kier molecular flexibility index (Phi) is 8.05. The van der Waals surface area contributed by atoms with Crippen molar-refractivity contribution in [3.63, 3.8) is 0 Å². The maximum Gasteiger partial charge on any atom is 0.407 e. The van der Waals surface area contributed by atoms with E-state index in [1.807, 2.05) is 52.0 Å². The molecular formula is C27H36N6O4S. The summed E-state index contributed by atoms with van der Waals surface area (Å²) in [4.78, 5) is 25.5. The van der Waals surface area contributed by atoms with Crippen LogP contribution in [0.1, 0.15) is 52.0 Å². The zero-order chi connectivity index (χ0) is 27.5. The van der Waals surface area contributed by atoms with Gasteiger partial charge >= 0.3 is 6.09 Å². The molecule has 1 aromatic carbocycles. The first-order chi connectivity index (χ1) is 17.9. The average Bonchev–Trinajstić information content (AvgIpc) is 2.79. The van der Waals surface area contributed by atoms with Gasteiger partial charge in [-0.05, 0) is 83.2 Å². The number of nitrogens with zero attached hydrogens (tertiary/aromatic N) is 4. The summed E-state index contributed by atoms with van der Waals surface area (Å²) in [5.41, 5.74) is 2.41. The van der Waals surface area contributed by atoms with E-state index < -0.39 is 15.3 Å². The zero-order valence-corrected chi connectivity index (χ0v) is 23.6. The van der Waals surface area contributed by atoms with Crippen LogP contribution in [-0.4, -0.2) is 55.5 Å². The Labute approximate surface area is 224 Å². The number of benzene rings is 1. The summed E-state index contributed by atoms with van der Waals surface area (Å²) in [6, 6.07) is 7.49. The molecule has 1 fully saturated rings. The molecule has 1 aliphatic rings. The van der Waals surface area contributed by atoms with Crippen molar-refractivity contribution < 1.29 is 18.5 Å². The summed E-state index contributed by atoms with van der Waals surface area (Å²) in [5.74, 6) is 1.11. The quantitative estimate of drug-likeness (QED) is 0.410. The normalized spacial score (nSPS) is 18.1. The molecular weight excluding hydrogens is 504 g/mol. The van der Waals surface area contributed by atoms with Crippen molar-refractivity contribution in [2.75, 3.05) is 17.8 Å². The second-order valence-electron chi connectivity index (χ2n) is 10.9. The van der Waals surface area contributed by atoms with Gasteiger partial charge in [-0.3, -0.25) is 0 Å². The number of hydrogen-bond donors (Lipinski definition) is 2. The number of fused-ring (bicyclic) bond motifs is 1. The van der Waals surface area contributed by atoms with Gasteiger partial charge in [-0.2, -0.15) is 4.36 Å². The Hall–Kier alpha value is -3.47. The Morgan fingerprint density at radius 1 is 1.11 bits per heavy atom. The van der Waals surface area contributed by atoms with E-state index in [0.717, 1.165) is 36.6 Å². The van der Waals surface area contributed by atoms with Crippen LogP contribution in [0, 0.1) is 6.92 Å². The summed E-state index contributed by atoms with van der Waals surface area (Å²) in [6.07, 6.45) is 9.15. The second kappa shape index (κ2) is 11.1. The number of anilines is 2. The number of ether oxygens (including phenoxy) is 2. The molecule has 11 heteroatoms. The van der Waals surface area contributed by atoms with Gasteiger partial charge in [0.05, 0.1) is 11.2 Å². The molecule has 2 heterocycles. The second-order valence-corrected chi connectivity index (χ2v) is 13.4. The predicted molar refractivity (Wildman–Crippen MR) is 150 cm³/mol. The molecule has 38 heavy (non-hydrogen) atoms. The number of hydrogen-bond acceptors (Lipinski definition) is 9. The summed E-state index contributed by atoms with van der Waals surface area (Å²) in [6.45, 7) is 7.51. The van der Waals surface area contributed by atoms with Crippen molar-refractivity contribution in [3.05, 3.63) is 42.4 Å². The highest BCUT2D eigenvalue weighted by Crippen LogP contribution is 2.33. The summed E-state index contributed by atoms with van der Waals surface area (Å²) >= 11 is 0. The van der Waals surface area contributed by atoms with Crippen LogP contribution in [0.3, 0.4) is 0 Å². The fraction of sp³-hybridized carbons (Fsp3) is 0.481. The van der Waals surface area contributed by atoms with E-state index in [4.69, 9.17) is 9.47 Å². The van der Waals surface area contributed by atoms with Crippen LogP contribution in [0.2, 0.25) is 0 Å². The maximum absolute atomic E-state index is 12.2. The molecule has 0 unspecified atom stereocenters. The van der Waals surface area contributed by atoms with Crippen LogP contribution in [0.5, 0.6) is 5.88 Å². The molecule has 2 N–H and O–H groups in total. The predicted octanol–water partition coefficient (Wildman–Crippen LogP) is 5.65. The van der Waals surface area contributed by atoms with Gasteiger partial charge in [0, 0.05) is 39.9 Å². The number of aryl methyl sites for hydroxylation is 1. The van der Waals surface area contributed by atoms with Crippen LogP contribution in [0.15, 0.2) is 41.2 Å². The van der Waals surface area contributed by atoms with Crippen LogP contribution in [0.25, 0.3) is 10.9 Å². The lowest BCUT2D eigenvalue weighted by atomic mass is 9.93. The molecule has 4 rings (SSSR count). The fourth-order valence-electron chi connectivity index (χ4n) is 4.44. The lowest BCUT2D eigenvalue weighted by molar-refractivity contribution is 0.0469. The highest BCUT2D eigenvalue weighted by atomic mass is 32.2. The molecule has 2 aromatic heterocycles. The van der Waals surface area contributed by atoms with Gasteiger partial charge in [-0.25, -0.2) is 24.0 Å². The van der Waals surface area contributed by atoms with E-state index in [1.54, 1.807) is 18.7 Å². The fourth-order valence-corrected chi connectivity index (χ4v) is 5.05. The molecule has 10 nitrogen and oxygen atoms in total. The van der Waals surface area contributed by atoms with Crippen molar-refractivity contribution >= 4 is 43.9 Å². The number of rotatable bonds is 6. The van der Waals surface area contributed by atoms with Gasteiger partial charge in [0.15, 0.2) is 0 Å². The largest absolute Gasteiger partial charge is 0.473 e. The van der Waals surface area contributed by atoms with E-state index in [9.17, 15) is 9.00 Å². The monoisotopic (exact) mass is 540 g/mol. The lowest BCUT2D eigenvalue weighted by Crippen LogP contribution is -2.42. The molecule has 1 saturated carbocycles. The molecule has 0 aliphatic heterocycles. The number of nitrogens with one attached hydrogen (secondary N) is 2. The van der Waals surface area contributed by atoms with E-state index in [-0.39, 0.29) is 18.2 Å². The minimum absolute atomic E-state index is 0.0202. The molecule has 3 aromatic rings. The van der Waals surface area contributed by atoms with Crippen LogP contribution in [-0.2, 0) is 14.5 Å². The lowest BCUT2D eigenvalue weighted by Gasteiger charge is -2.30. The number of carbonyl (C=O) groups excluding carboxylic acids is 1. The van der Waals surface area contributed by atoms with Gasteiger partial charge in [-0.1, -0.05) is 0 Å². The number of amides is 1. The highest BCUT2D eigenvalue weighted by molar-refractivity contribution is 7.92. The third-order valence-electron chi connectivity index (χ3n) is 5.94. The summed E-state index contributed by atoms with van der Waals surface area (Å²) in [5, 5.41) is 7.17. The Morgan fingerprint density at radius 2 is 1.84 bits per heavy atom. The molecule has 0 spiro atoms. The number of carbonyl (C=O) groups is 1. The van der Waals surface area contributed by atoms with Crippen molar-refractivity contribution in [1.29, 1.82) is 0 Å². The van der Waals surface area contributed by atoms with Crippen molar-refractivity contribution in [3.8, 4) is 5.88 Å². The molecule has 204 valence electrons. The first-order valence-corrected chi connectivity index (χ1v) is 15.0. The number of aromatic nitrogens is 3. The Balaban J connectivity index is 1.47. The average molecular weight is 541 g/mol. The summed E-state index contributed by atoms with van der Waals surface area (Å²) < 4.78 is 28.2. The van der Waals surface area contributed by atoms with Gasteiger partial charge in [0.25, 0.3) is 0 Å². The van der Waals surface area contributed by atoms with E-state index in [1.165, 1.54) is 6.33 Å². The number of alkyl carbamates (subject to hydrolysis) is 1. The standard InChI is InChI=1S/C27H36N6O4S/c1-17-14-19(33-38(5,6)35)15-22-23(17)24(30-16-29-22)32-21-8-7-13-28-25(21)36-20-11-9-18(10-12-20)31-26(34)37-27(2,3)4/h7-8,13-16,18,20H,9-12H2,1-6H3,(H,31,34)(H,29,30,32). The molecule has 0 bridgehead atoms. The first-order valence-electron chi connectivity index (χ1n) is 12.7. The highest BCUT2D eigenvalue weighted by Gasteiger charge is 2.26. The van der Waals surface area contributed by atoms with Crippen LogP contribution in [0.4, 0.5) is 22.0 Å². The molecule has 1 aliphatic carbocycles. The SMILES string of the molecule is Cc1cc(N=S(C)(C)=O)cc2ncnc(Nc3cccnc3OC3CCC(NC(=O)OC(C)(C)C)CC3)c12. The molecule has 0 radical (unpaired) electrons. The van der Waals surface area contributed by atoms with E-state index in [0.29, 0.717) is 28.6 Å². The minimum Gasteiger partial charge on any atom is -0.473 e. The van der Waals surface area contributed by atoms with Gasteiger partial charge in [0.2, 0.25) is 5.88 Å². The van der Waals surface area contributed by atoms with Crippen LogP contribution < -0.4 is 15.4 Å². The van der Waals surface area contributed by atoms with Crippen LogP contribution >= 0.6 is 0 Å². The molecule has 1 amide bonds. The molecule has 0 saturated heterocycles. The summed E-state index contributed by atoms with van der Waals surface area (Å²) in [7, 11) is -2.29. The van der Waals surface area contributed by atoms with Gasteiger partial charge in [0.1, 0.15) is 29.5 Å². The van der Waals surface area contributed by atoms with Crippen molar-refractivity contribution in [2.45, 2.75) is 71.1 Å². The minimum atomic E-state index is -2.29. The van der Waals surface area contributed by atoms with Gasteiger partial charge in [-0.15, -0.1) is 0 Å². The molecule has 0 atom stereocenters. The topological polar surface area (TPSA) is 128 Å². The van der Waals surface area contributed by atoms with Crippen molar-refractivity contribution in [1.82, 2.24) is 20.3 Å². The smallest absolute Gasteiger partial charge is 0.407 e. The van der Waals surface area contributed by atoms with E-state index in [2.05, 4.69) is 29.9 Å². The maximum atomic E-state index is 12.2. The number of pyridine rings is 1. The Morgan fingerprint density at radius 3 is 2.53 bits per heavy atom. The first kappa shape index (κ1) is 27.6. The Bertz CT molecular complexity index is 1430.